The molecule has 2 aromatic heterocycles. The fraction of sp³-hybridized carbons (Fsp3) is 0.125. The van der Waals surface area contributed by atoms with Gasteiger partial charge < -0.3 is 0 Å². The van der Waals surface area contributed by atoms with Gasteiger partial charge in [0, 0.05) is 10.3 Å². The molecule has 15 heavy (non-hydrogen) atoms. The van der Waals surface area contributed by atoms with Crippen molar-refractivity contribution in [1.82, 2.24) is 4.98 Å². The Morgan fingerprint density at radius 2 is 2.40 bits per heavy atom. The summed E-state index contributed by atoms with van der Waals surface area (Å²) in [7, 11) is 0. The average molecular weight is 257 g/mol. The van der Waals surface area contributed by atoms with Crippen molar-refractivity contribution in [2.24, 2.45) is 5.11 Å². The van der Waals surface area contributed by atoms with Crippen molar-refractivity contribution in [2.45, 2.75) is 6.54 Å². The highest BCUT2D eigenvalue weighted by Gasteiger charge is 2.06. The van der Waals surface area contributed by atoms with E-state index in [1.54, 1.807) is 0 Å². The van der Waals surface area contributed by atoms with Crippen molar-refractivity contribution >= 4 is 34.3 Å². The second-order valence-corrected chi connectivity index (χ2v) is 5.28. The lowest BCUT2D eigenvalue weighted by molar-refractivity contribution is 1.02. The lowest BCUT2D eigenvalue weighted by Crippen LogP contribution is -1.77. The molecule has 0 atom stereocenters. The molecule has 0 aliphatic heterocycles. The standard InChI is InChI=1S/C8H5ClN4S2/c9-7-2-1-6(15-7)5-4-14-8(12-5)3-11-13-10/h1-2,4H,3H2. The number of thiophene rings is 1. The van der Waals surface area contributed by atoms with Gasteiger partial charge >= 0.3 is 0 Å². The topological polar surface area (TPSA) is 61.7 Å². The number of halogens is 1. The van der Waals surface area contributed by atoms with E-state index in [-0.39, 0.29) is 0 Å². The highest BCUT2D eigenvalue weighted by molar-refractivity contribution is 7.19. The zero-order valence-electron chi connectivity index (χ0n) is 7.42. The number of aromatic nitrogens is 1. The molecule has 0 aromatic carbocycles. The van der Waals surface area contributed by atoms with Gasteiger partial charge in [-0.1, -0.05) is 16.7 Å². The minimum atomic E-state index is 0.306. The first kappa shape index (κ1) is 10.4. The Kier molecular flexibility index (Phi) is 3.23. The molecule has 0 saturated carbocycles. The molecule has 4 nitrogen and oxygen atoms in total. The molecule has 0 bridgehead atoms. The number of hydrogen-bond acceptors (Lipinski definition) is 4. The summed E-state index contributed by atoms with van der Waals surface area (Å²) < 4.78 is 0.745. The van der Waals surface area contributed by atoms with Crippen LogP contribution in [-0.2, 0) is 6.54 Å². The minimum absolute atomic E-state index is 0.306. The van der Waals surface area contributed by atoms with Crippen LogP contribution in [0.15, 0.2) is 22.6 Å². The Balaban J connectivity index is 2.23. The molecule has 0 spiro atoms. The molecular formula is C8H5ClN4S2. The van der Waals surface area contributed by atoms with Crippen LogP contribution in [0.5, 0.6) is 0 Å². The number of thiazole rings is 1. The van der Waals surface area contributed by atoms with Gasteiger partial charge in [0.25, 0.3) is 0 Å². The molecule has 0 amide bonds. The van der Waals surface area contributed by atoms with Gasteiger partial charge in [0.15, 0.2) is 0 Å². The van der Waals surface area contributed by atoms with Crippen LogP contribution in [0.4, 0.5) is 0 Å². The monoisotopic (exact) mass is 256 g/mol. The molecular weight excluding hydrogens is 252 g/mol. The normalized spacial score (nSPS) is 9.93. The highest BCUT2D eigenvalue weighted by Crippen LogP contribution is 2.31. The molecule has 0 aliphatic rings. The molecule has 0 radical (unpaired) electrons. The van der Waals surface area contributed by atoms with E-state index < -0.39 is 0 Å². The first-order chi connectivity index (χ1) is 7.29. The zero-order chi connectivity index (χ0) is 10.7. The Morgan fingerprint density at radius 1 is 1.53 bits per heavy atom. The van der Waals surface area contributed by atoms with Crippen LogP contribution in [0.2, 0.25) is 4.34 Å². The van der Waals surface area contributed by atoms with E-state index >= 15 is 0 Å². The van der Waals surface area contributed by atoms with E-state index in [2.05, 4.69) is 15.0 Å². The molecule has 2 rings (SSSR count). The van der Waals surface area contributed by atoms with Gasteiger partial charge in [0.1, 0.15) is 0 Å². The fourth-order valence-electron chi connectivity index (χ4n) is 1.04. The van der Waals surface area contributed by atoms with E-state index in [0.717, 1.165) is 19.9 Å². The molecule has 0 aliphatic carbocycles. The Morgan fingerprint density at radius 3 is 3.07 bits per heavy atom. The largest absolute Gasteiger partial charge is 0.240 e. The van der Waals surface area contributed by atoms with Crippen molar-refractivity contribution in [3.8, 4) is 10.6 Å². The van der Waals surface area contributed by atoms with Crippen molar-refractivity contribution in [1.29, 1.82) is 0 Å². The summed E-state index contributed by atoms with van der Waals surface area (Å²) in [4.78, 5) is 8.06. The Bertz CT molecular complexity index is 512. The van der Waals surface area contributed by atoms with Crippen LogP contribution >= 0.6 is 34.3 Å². The predicted molar refractivity (Wildman–Crippen MR) is 63.3 cm³/mol. The summed E-state index contributed by atoms with van der Waals surface area (Å²) in [6, 6.07) is 3.77. The summed E-state index contributed by atoms with van der Waals surface area (Å²) in [5.41, 5.74) is 9.06. The zero-order valence-corrected chi connectivity index (χ0v) is 9.81. The quantitative estimate of drug-likeness (QED) is 0.458. The van der Waals surface area contributed by atoms with Gasteiger partial charge in [-0.15, -0.1) is 22.7 Å². The molecule has 76 valence electrons. The van der Waals surface area contributed by atoms with E-state index in [0.29, 0.717) is 6.54 Å². The summed E-state index contributed by atoms with van der Waals surface area (Å²) in [6.45, 7) is 0.306. The van der Waals surface area contributed by atoms with Crippen LogP contribution < -0.4 is 0 Å². The van der Waals surface area contributed by atoms with Crippen molar-refractivity contribution in [3.63, 3.8) is 0 Å². The van der Waals surface area contributed by atoms with Crippen LogP contribution in [0.1, 0.15) is 5.01 Å². The second-order valence-electron chi connectivity index (χ2n) is 2.62. The van der Waals surface area contributed by atoms with E-state index in [1.807, 2.05) is 17.5 Å². The second kappa shape index (κ2) is 4.63. The van der Waals surface area contributed by atoms with Crippen molar-refractivity contribution < 1.29 is 0 Å². The van der Waals surface area contributed by atoms with Crippen LogP contribution in [0.25, 0.3) is 21.0 Å². The van der Waals surface area contributed by atoms with Crippen LogP contribution in [0.3, 0.4) is 0 Å². The molecule has 7 heteroatoms. The Labute approximate surface area is 98.8 Å². The lowest BCUT2D eigenvalue weighted by atomic mass is 10.4. The molecule has 0 unspecified atom stereocenters. The van der Waals surface area contributed by atoms with Crippen LogP contribution in [-0.4, -0.2) is 4.98 Å². The molecule has 2 heterocycles. The fourth-order valence-corrected chi connectivity index (χ4v) is 2.83. The van der Waals surface area contributed by atoms with Gasteiger partial charge in [-0.05, 0) is 17.7 Å². The SMILES string of the molecule is [N-]=[N+]=NCc1nc(-c2ccc(Cl)s2)cs1. The molecule has 0 fully saturated rings. The molecule has 0 saturated heterocycles. The summed E-state index contributed by atoms with van der Waals surface area (Å²) in [5, 5.41) is 6.21. The molecule has 0 N–H and O–H groups in total. The summed E-state index contributed by atoms with van der Waals surface area (Å²) in [5.74, 6) is 0. The maximum atomic E-state index is 8.17. The van der Waals surface area contributed by atoms with Crippen LogP contribution in [0, 0.1) is 0 Å². The van der Waals surface area contributed by atoms with Gasteiger partial charge in [0.05, 0.1) is 26.5 Å². The van der Waals surface area contributed by atoms with Gasteiger partial charge in [0.2, 0.25) is 0 Å². The van der Waals surface area contributed by atoms with E-state index in [9.17, 15) is 0 Å². The maximum Gasteiger partial charge on any atom is 0.0991 e. The number of nitrogens with zero attached hydrogens (tertiary/aromatic N) is 4. The van der Waals surface area contributed by atoms with E-state index in [4.69, 9.17) is 17.1 Å². The third-order valence-corrected chi connectivity index (χ3v) is 3.73. The average Bonchev–Trinajstić information content (AvgIpc) is 2.83. The Hall–Kier alpha value is -1.07. The first-order valence-electron chi connectivity index (χ1n) is 4.00. The number of rotatable bonds is 3. The predicted octanol–water partition coefficient (Wildman–Crippen LogP) is 4.34. The highest BCUT2D eigenvalue weighted by atomic mass is 35.5. The van der Waals surface area contributed by atoms with Gasteiger partial charge in [-0.3, -0.25) is 0 Å². The minimum Gasteiger partial charge on any atom is -0.240 e. The third-order valence-electron chi connectivity index (χ3n) is 1.65. The van der Waals surface area contributed by atoms with E-state index in [1.165, 1.54) is 22.7 Å². The smallest absolute Gasteiger partial charge is 0.0991 e. The van der Waals surface area contributed by atoms with Gasteiger partial charge in [-0.2, -0.15) is 0 Å². The lowest BCUT2D eigenvalue weighted by Gasteiger charge is -1.87. The van der Waals surface area contributed by atoms with Gasteiger partial charge in [-0.25, -0.2) is 4.98 Å². The number of azide groups is 1. The third kappa shape index (κ3) is 2.49. The summed E-state index contributed by atoms with van der Waals surface area (Å²) >= 11 is 8.79. The summed E-state index contributed by atoms with van der Waals surface area (Å²) in [6.07, 6.45) is 0. The van der Waals surface area contributed by atoms with Crippen molar-refractivity contribution in [3.05, 3.63) is 37.3 Å². The van der Waals surface area contributed by atoms with Crippen molar-refractivity contribution in [2.75, 3.05) is 0 Å². The molecule has 2 aromatic rings. The number of hydrogen-bond donors (Lipinski definition) is 0. The maximum absolute atomic E-state index is 8.17. The first-order valence-corrected chi connectivity index (χ1v) is 6.08.